The molecule has 1 amide bonds. The standard InChI is InChI=1S/C18H27N5O6/c1-18(2,3)29-17(25)21-12-6-5-7-22(9-12)14-8-13(10-28-11-24)20-16(19-4)15(14)23(26)27/h8,11-12H,5-7,9-10H2,1-4H3,(H,19,20)(H,21,25)/t12-/m1/s1. The Labute approximate surface area is 168 Å². The number of ether oxygens (including phenoxy) is 2. The van der Waals surface area contributed by atoms with Gasteiger partial charge in [0.15, 0.2) is 0 Å². The topological polar surface area (TPSA) is 136 Å². The van der Waals surface area contributed by atoms with Crippen LogP contribution in [0, 0.1) is 10.1 Å². The van der Waals surface area contributed by atoms with Gasteiger partial charge in [0, 0.05) is 26.2 Å². The molecule has 0 radical (unpaired) electrons. The third-order valence-corrected chi connectivity index (χ3v) is 4.23. The fraction of sp³-hybridized carbons (Fsp3) is 0.611. The van der Waals surface area contributed by atoms with Gasteiger partial charge in [-0.2, -0.15) is 0 Å². The fourth-order valence-corrected chi connectivity index (χ4v) is 3.15. The molecule has 11 nitrogen and oxygen atoms in total. The molecule has 1 saturated heterocycles. The van der Waals surface area contributed by atoms with Crippen molar-refractivity contribution in [3.8, 4) is 0 Å². The molecule has 1 fully saturated rings. The minimum atomic E-state index is -0.614. The number of amides is 1. The van der Waals surface area contributed by atoms with E-state index in [9.17, 15) is 19.7 Å². The molecule has 0 bridgehead atoms. The van der Waals surface area contributed by atoms with Crippen LogP contribution in [0.4, 0.5) is 22.0 Å². The number of hydrogen-bond donors (Lipinski definition) is 2. The van der Waals surface area contributed by atoms with Crippen LogP contribution < -0.4 is 15.5 Å². The highest BCUT2D eigenvalue weighted by atomic mass is 16.6. The van der Waals surface area contributed by atoms with E-state index in [4.69, 9.17) is 9.47 Å². The molecule has 0 aliphatic carbocycles. The predicted molar refractivity (Wildman–Crippen MR) is 106 cm³/mol. The fourth-order valence-electron chi connectivity index (χ4n) is 3.15. The lowest BCUT2D eigenvalue weighted by atomic mass is 10.0. The first-order valence-corrected chi connectivity index (χ1v) is 9.30. The second-order valence-corrected chi connectivity index (χ2v) is 7.68. The molecule has 2 N–H and O–H groups in total. The minimum Gasteiger partial charge on any atom is -0.461 e. The van der Waals surface area contributed by atoms with E-state index >= 15 is 0 Å². The number of aromatic nitrogens is 1. The number of nitro groups is 1. The van der Waals surface area contributed by atoms with Crippen molar-refractivity contribution in [2.45, 2.75) is 51.9 Å². The Balaban J connectivity index is 2.27. The highest BCUT2D eigenvalue weighted by molar-refractivity contribution is 5.75. The van der Waals surface area contributed by atoms with Crippen molar-refractivity contribution in [3.63, 3.8) is 0 Å². The number of pyridine rings is 1. The molecule has 0 spiro atoms. The molecule has 29 heavy (non-hydrogen) atoms. The molecule has 1 aliphatic rings. The highest BCUT2D eigenvalue weighted by Crippen LogP contribution is 2.36. The molecular weight excluding hydrogens is 382 g/mol. The zero-order chi connectivity index (χ0) is 21.6. The lowest BCUT2D eigenvalue weighted by Gasteiger charge is -2.35. The van der Waals surface area contributed by atoms with E-state index in [0.29, 0.717) is 30.9 Å². The van der Waals surface area contributed by atoms with Crippen LogP contribution >= 0.6 is 0 Å². The van der Waals surface area contributed by atoms with E-state index < -0.39 is 16.6 Å². The van der Waals surface area contributed by atoms with Crippen molar-refractivity contribution in [1.82, 2.24) is 10.3 Å². The predicted octanol–water partition coefficient (Wildman–Crippen LogP) is 2.20. The average Bonchev–Trinajstić information content (AvgIpc) is 2.63. The largest absolute Gasteiger partial charge is 0.461 e. The van der Waals surface area contributed by atoms with Gasteiger partial charge in [-0.1, -0.05) is 0 Å². The number of carbonyl (C=O) groups is 2. The van der Waals surface area contributed by atoms with Crippen molar-refractivity contribution in [3.05, 3.63) is 21.9 Å². The Bertz CT molecular complexity index is 764. The third kappa shape index (κ3) is 6.19. The van der Waals surface area contributed by atoms with E-state index in [1.807, 2.05) is 4.90 Å². The van der Waals surface area contributed by atoms with Crippen LogP contribution in [0.15, 0.2) is 6.07 Å². The quantitative estimate of drug-likeness (QED) is 0.394. The van der Waals surface area contributed by atoms with E-state index in [1.54, 1.807) is 26.8 Å². The summed E-state index contributed by atoms with van der Waals surface area (Å²) >= 11 is 0. The molecule has 0 unspecified atom stereocenters. The lowest BCUT2D eigenvalue weighted by molar-refractivity contribution is -0.383. The van der Waals surface area contributed by atoms with Crippen LogP contribution in [0.25, 0.3) is 0 Å². The van der Waals surface area contributed by atoms with Crippen LogP contribution in [0.2, 0.25) is 0 Å². The maximum absolute atomic E-state index is 12.1. The molecule has 2 heterocycles. The molecular formula is C18H27N5O6. The zero-order valence-electron chi connectivity index (χ0n) is 17.1. The van der Waals surface area contributed by atoms with E-state index in [-0.39, 0.29) is 24.2 Å². The molecule has 1 atom stereocenters. The normalized spacial score (nSPS) is 16.7. The average molecular weight is 409 g/mol. The molecule has 1 aliphatic heterocycles. The Kier molecular flexibility index (Phi) is 7.18. The molecule has 1 aromatic heterocycles. The van der Waals surface area contributed by atoms with Crippen molar-refractivity contribution in [2.24, 2.45) is 0 Å². The number of carbonyl (C=O) groups excluding carboxylic acids is 2. The van der Waals surface area contributed by atoms with Crippen LogP contribution in [0.5, 0.6) is 0 Å². The summed E-state index contributed by atoms with van der Waals surface area (Å²) in [7, 11) is 1.53. The Morgan fingerprint density at radius 1 is 1.48 bits per heavy atom. The maximum atomic E-state index is 12.1. The van der Waals surface area contributed by atoms with Crippen LogP contribution in [-0.4, -0.2) is 54.3 Å². The van der Waals surface area contributed by atoms with Gasteiger partial charge in [-0.05, 0) is 39.7 Å². The number of rotatable bonds is 7. The first-order valence-electron chi connectivity index (χ1n) is 9.30. The lowest BCUT2D eigenvalue weighted by Crippen LogP contribution is -2.49. The summed E-state index contributed by atoms with van der Waals surface area (Å²) in [5, 5.41) is 17.3. The summed E-state index contributed by atoms with van der Waals surface area (Å²) < 4.78 is 10.0. The van der Waals surface area contributed by atoms with Gasteiger partial charge in [-0.25, -0.2) is 9.78 Å². The van der Waals surface area contributed by atoms with Crippen LogP contribution in [0.1, 0.15) is 39.3 Å². The van der Waals surface area contributed by atoms with Gasteiger partial charge in [-0.3, -0.25) is 14.9 Å². The monoisotopic (exact) mass is 409 g/mol. The highest BCUT2D eigenvalue weighted by Gasteiger charge is 2.31. The van der Waals surface area contributed by atoms with E-state index in [2.05, 4.69) is 15.6 Å². The van der Waals surface area contributed by atoms with Gasteiger partial charge in [-0.15, -0.1) is 0 Å². The Morgan fingerprint density at radius 3 is 2.79 bits per heavy atom. The Hall–Kier alpha value is -3.11. The number of nitrogens with one attached hydrogen (secondary N) is 2. The van der Waals surface area contributed by atoms with Crippen molar-refractivity contribution in [2.75, 3.05) is 30.4 Å². The molecule has 1 aromatic rings. The summed E-state index contributed by atoms with van der Waals surface area (Å²) in [6.07, 6.45) is 0.938. The SMILES string of the molecule is CNc1nc(COC=O)cc(N2CCC[C@@H](NC(=O)OC(C)(C)C)C2)c1[N+](=O)[O-]. The smallest absolute Gasteiger partial charge is 0.407 e. The first kappa shape index (κ1) is 22.2. The summed E-state index contributed by atoms with van der Waals surface area (Å²) in [5.41, 5.74) is -0.0450. The van der Waals surface area contributed by atoms with Gasteiger partial charge in [0.05, 0.1) is 10.6 Å². The van der Waals surface area contributed by atoms with Crippen molar-refractivity contribution >= 4 is 29.8 Å². The maximum Gasteiger partial charge on any atom is 0.407 e. The molecule has 160 valence electrons. The van der Waals surface area contributed by atoms with Gasteiger partial charge >= 0.3 is 11.8 Å². The summed E-state index contributed by atoms with van der Waals surface area (Å²) in [4.78, 5) is 39.8. The van der Waals surface area contributed by atoms with Crippen molar-refractivity contribution < 1.29 is 24.0 Å². The molecule has 11 heteroatoms. The number of alkyl carbamates (subject to hydrolysis) is 1. The van der Waals surface area contributed by atoms with E-state index in [1.165, 1.54) is 7.05 Å². The van der Waals surface area contributed by atoms with Crippen molar-refractivity contribution in [1.29, 1.82) is 0 Å². The van der Waals surface area contributed by atoms with Gasteiger partial charge in [0.1, 0.15) is 17.9 Å². The summed E-state index contributed by atoms with van der Waals surface area (Å²) in [5.74, 6) is 0.0826. The number of nitrogens with zero attached hydrogens (tertiary/aromatic N) is 3. The van der Waals surface area contributed by atoms with Gasteiger partial charge < -0.3 is 25.0 Å². The second kappa shape index (κ2) is 9.39. The van der Waals surface area contributed by atoms with Crippen LogP contribution in [0.3, 0.4) is 0 Å². The number of anilines is 2. The number of hydrogen-bond acceptors (Lipinski definition) is 9. The zero-order valence-corrected chi connectivity index (χ0v) is 17.1. The molecule has 0 aromatic carbocycles. The van der Waals surface area contributed by atoms with Gasteiger partial charge in [0.2, 0.25) is 5.82 Å². The summed E-state index contributed by atoms with van der Waals surface area (Å²) in [6.45, 7) is 6.49. The first-order chi connectivity index (χ1) is 13.6. The molecule has 2 rings (SSSR count). The third-order valence-electron chi connectivity index (χ3n) is 4.23. The summed E-state index contributed by atoms with van der Waals surface area (Å²) in [6, 6.07) is 1.32. The van der Waals surface area contributed by atoms with E-state index in [0.717, 1.165) is 12.8 Å². The second-order valence-electron chi connectivity index (χ2n) is 7.68. The number of piperidine rings is 1. The van der Waals surface area contributed by atoms with Crippen LogP contribution in [-0.2, 0) is 20.9 Å². The Morgan fingerprint density at radius 2 is 2.21 bits per heavy atom. The van der Waals surface area contributed by atoms with Gasteiger partial charge in [0.25, 0.3) is 6.47 Å². The minimum absolute atomic E-state index is 0.0826. The molecule has 0 saturated carbocycles.